The first-order valence-corrected chi connectivity index (χ1v) is 7.02. The van der Waals surface area contributed by atoms with E-state index in [0.717, 1.165) is 24.0 Å². The van der Waals surface area contributed by atoms with Crippen LogP contribution in [0.2, 0.25) is 0 Å². The molecule has 90 valence electrons. The van der Waals surface area contributed by atoms with Crippen molar-refractivity contribution in [1.82, 2.24) is 9.88 Å². The van der Waals surface area contributed by atoms with Gasteiger partial charge >= 0.3 is 0 Å². The fraction of sp³-hybridized carbons (Fsp3) is 0.750. The second-order valence-corrected chi connectivity index (χ2v) is 5.48. The van der Waals surface area contributed by atoms with Crippen molar-refractivity contribution in [1.29, 1.82) is 0 Å². The Morgan fingerprint density at radius 1 is 1.50 bits per heavy atom. The summed E-state index contributed by atoms with van der Waals surface area (Å²) in [5.74, 6) is 0.824. The Bertz CT molecular complexity index is 316. The summed E-state index contributed by atoms with van der Waals surface area (Å²) in [6, 6.07) is 0. The lowest BCUT2D eigenvalue weighted by Crippen LogP contribution is -2.32. The minimum absolute atomic E-state index is 0.824. The van der Waals surface area contributed by atoms with E-state index in [-0.39, 0.29) is 0 Å². The summed E-state index contributed by atoms with van der Waals surface area (Å²) in [4.78, 5) is 6.94. The van der Waals surface area contributed by atoms with Gasteiger partial charge in [-0.15, -0.1) is 11.3 Å². The van der Waals surface area contributed by atoms with Gasteiger partial charge in [0, 0.05) is 11.9 Å². The number of rotatable bonds is 4. The van der Waals surface area contributed by atoms with Crippen molar-refractivity contribution >= 4 is 16.5 Å². The van der Waals surface area contributed by atoms with Gasteiger partial charge in [-0.3, -0.25) is 0 Å². The molecule has 1 aromatic heterocycles. The number of aromatic nitrogens is 1. The lowest BCUT2D eigenvalue weighted by Gasteiger charge is -2.28. The van der Waals surface area contributed by atoms with Gasteiger partial charge in [-0.25, -0.2) is 4.98 Å². The average Bonchev–Trinajstić information content (AvgIpc) is 2.76. The molecule has 0 amide bonds. The molecule has 1 saturated heterocycles. The molecule has 0 aromatic carbocycles. The van der Waals surface area contributed by atoms with Gasteiger partial charge in [0.05, 0.1) is 5.69 Å². The van der Waals surface area contributed by atoms with Crippen LogP contribution in [0.5, 0.6) is 0 Å². The molecule has 4 heteroatoms. The quantitative estimate of drug-likeness (QED) is 0.875. The maximum atomic E-state index is 4.53. The van der Waals surface area contributed by atoms with Crippen LogP contribution in [0.1, 0.15) is 25.5 Å². The highest BCUT2D eigenvalue weighted by molar-refractivity contribution is 7.13. The van der Waals surface area contributed by atoms with Crippen molar-refractivity contribution < 1.29 is 0 Å². The number of nitrogens with zero attached hydrogens (tertiary/aromatic N) is 2. The zero-order chi connectivity index (χ0) is 11.4. The lowest BCUT2D eigenvalue weighted by molar-refractivity contribution is 0.226. The van der Waals surface area contributed by atoms with E-state index in [9.17, 15) is 0 Å². The van der Waals surface area contributed by atoms with E-state index in [1.165, 1.54) is 31.6 Å². The van der Waals surface area contributed by atoms with E-state index in [1.54, 1.807) is 11.3 Å². The molecule has 2 heterocycles. The summed E-state index contributed by atoms with van der Waals surface area (Å²) in [6.07, 6.45) is 3.66. The van der Waals surface area contributed by atoms with Gasteiger partial charge in [0.25, 0.3) is 0 Å². The molecule has 1 aliphatic rings. The molecule has 1 fully saturated rings. The Hall–Kier alpha value is -0.610. The Balaban J connectivity index is 1.74. The summed E-state index contributed by atoms with van der Waals surface area (Å²) in [6.45, 7) is 5.72. The molecular formula is C12H21N3S. The van der Waals surface area contributed by atoms with Crippen LogP contribution in [-0.4, -0.2) is 36.6 Å². The van der Waals surface area contributed by atoms with Crippen LogP contribution in [0, 0.1) is 5.92 Å². The number of anilines is 1. The third-order valence-electron chi connectivity index (χ3n) is 3.29. The van der Waals surface area contributed by atoms with Gasteiger partial charge in [-0.2, -0.15) is 0 Å². The second kappa shape index (κ2) is 5.64. The normalized spacial score (nSPS) is 18.9. The molecule has 0 saturated carbocycles. The predicted octanol–water partition coefficient (Wildman–Crippen LogP) is 2.46. The zero-order valence-corrected chi connectivity index (χ0v) is 11.0. The number of piperidine rings is 1. The Morgan fingerprint density at radius 2 is 2.25 bits per heavy atom. The third-order valence-corrected chi connectivity index (χ3v) is 4.14. The van der Waals surface area contributed by atoms with Crippen LogP contribution in [0.3, 0.4) is 0 Å². The number of hydrogen-bond acceptors (Lipinski definition) is 4. The molecule has 0 spiro atoms. The first-order chi connectivity index (χ1) is 7.78. The molecule has 0 radical (unpaired) electrons. The molecule has 1 aromatic rings. The summed E-state index contributed by atoms with van der Waals surface area (Å²) < 4.78 is 0. The monoisotopic (exact) mass is 239 g/mol. The highest BCUT2D eigenvalue weighted by Gasteiger charge is 2.16. The van der Waals surface area contributed by atoms with Crippen LogP contribution < -0.4 is 5.32 Å². The largest absolute Gasteiger partial charge is 0.361 e. The van der Waals surface area contributed by atoms with Crippen molar-refractivity contribution in [2.24, 2.45) is 5.92 Å². The molecule has 0 aliphatic carbocycles. The van der Waals surface area contributed by atoms with Crippen molar-refractivity contribution in [3.63, 3.8) is 0 Å². The topological polar surface area (TPSA) is 28.2 Å². The first kappa shape index (κ1) is 11.9. The molecule has 16 heavy (non-hydrogen) atoms. The number of likely N-dealkylation sites (tertiary alicyclic amines) is 1. The summed E-state index contributed by atoms with van der Waals surface area (Å²) in [7, 11) is 2.21. The summed E-state index contributed by atoms with van der Waals surface area (Å²) in [5.41, 5.74) is 1.20. The average molecular weight is 239 g/mol. The Kier molecular flexibility index (Phi) is 4.18. The number of nitrogens with one attached hydrogen (secondary N) is 1. The second-order valence-electron chi connectivity index (χ2n) is 4.63. The highest BCUT2D eigenvalue weighted by Crippen LogP contribution is 2.19. The van der Waals surface area contributed by atoms with Crippen LogP contribution >= 0.6 is 11.3 Å². The standard InChI is InChI=1S/C12H21N3S/c1-3-11-9-16-12(14-11)13-8-10-4-6-15(2)7-5-10/h9-10H,3-8H2,1-2H3,(H,13,14). The number of hydrogen-bond donors (Lipinski definition) is 1. The molecule has 0 atom stereocenters. The van der Waals surface area contributed by atoms with E-state index in [0.29, 0.717) is 0 Å². The van der Waals surface area contributed by atoms with Crippen LogP contribution in [0.4, 0.5) is 5.13 Å². The van der Waals surface area contributed by atoms with Crippen molar-refractivity contribution in [3.8, 4) is 0 Å². The summed E-state index contributed by atoms with van der Waals surface area (Å²) in [5, 5.41) is 6.72. The van der Waals surface area contributed by atoms with Gasteiger partial charge in [0.1, 0.15) is 0 Å². The smallest absolute Gasteiger partial charge is 0.182 e. The number of thiazole rings is 1. The van der Waals surface area contributed by atoms with Gasteiger partial charge in [0.2, 0.25) is 0 Å². The van der Waals surface area contributed by atoms with Crippen molar-refractivity contribution in [2.45, 2.75) is 26.2 Å². The molecule has 0 bridgehead atoms. The third kappa shape index (κ3) is 3.19. The summed E-state index contributed by atoms with van der Waals surface area (Å²) >= 11 is 1.73. The maximum Gasteiger partial charge on any atom is 0.182 e. The fourth-order valence-electron chi connectivity index (χ4n) is 2.05. The molecule has 1 N–H and O–H groups in total. The Morgan fingerprint density at radius 3 is 2.88 bits per heavy atom. The van der Waals surface area contributed by atoms with Gasteiger partial charge in [-0.1, -0.05) is 6.92 Å². The zero-order valence-electron chi connectivity index (χ0n) is 10.2. The van der Waals surface area contributed by atoms with Gasteiger partial charge in [-0.05, 0) is 45.3 Å². The minimum Gasteiger partial charge on any atom is -0.361 e. The van der Waals surface area contributed by atoms with Crippen LogP contribution in [-0.2, 0) is 6.42 Å². The van der Waals surface area contributed by atoms with E-state index >= 15 is 0 Å². The molecule has 1 aliphatic heterocycles. The van der Waals surface area contributed by atoms with E-state index in [1.807, 2.05) is 0 Å². The molecular weight excluding hydrogens is 218 g/mol. The fourth-order valence-corrected chi connectivity index (χ4v) is 2.85. The van der Waals surface area contributed by atoms with Gasteiger partial charge in [0.15, 0.2) is 5.13 Å². The van der Waals surface area contributed by atoms with Crippen LogP contribution in [0.25, 0.3) is 0 Å². The van der Waals surface area contributed by atoms with Gasteiger partial charge < -0.3 is 10.2 Å². The van der Waals surface area contributed by atoms with Crippen molar-refractivity contribution in [2.75, 3.05) is 32.0 Å². The minimum atomic E-state index is 0.824. The molecule has 0 unspecified atom stereocenters. The first-order valence-electron chi connectivity index (χ1n) is 6.14. The molecule has 3 nitrogen and oxygen atoms in total. The van der Waals surface area contributed by atoms with E-state index < -0.39 is 0 Å². The van der Waals surface area contributed by atoms with Crippen molar-refractivity contribution in [3.05, 3.63) is 11.1 Å². The van der Waals surface area contributed by atoms with Crippen LogP contribution in [0.15, 0.2) is 5.38 Å². The Labute approximate surface area is 102 Å². The SMILES string of the molecule is CCc1csc(NCC2CCN(C)CC2)n1. The lowest BCUT2D eigenvalue weighted by atomic mass is 9.97. The van der Waals surface area contributed by atoms with E-state index in [4.69, 9.17) is 0 Å². The number of aryl methyl sites for hydroxylation is 1. The predicted molar refractivity (Wildman–Crippen MR) is 70.2 cm³/mol. The van der Waals surface area contributed by atoms with E-state index in [2.05, 4.69) is 34.6 Å². The maximum absolute atomic E-state index is 4.53. The highest BCUT2D eigenvalue weighted by atomic mass is 32.1. The molecule has 2 rings (SSSR count).